The Balaban J connectivity index is 1.44. The topological polar surface area (TPSA) is 59.6 Å². The predicted octanol–water partition coefficient (Wildman–Crippen LogP) is 1.96. The Morgan fingerprint density at radius 1 is 1.26 bits per heavy atom. The van der Waals surface area contributed by atoms with Crippen LogP contribution in [0, 0.1) is 17.8 Å². The lowest BCUT2D eigenvalue weighted by Gasteiger charge is -2.27. The van der Waals surface area contributed by atoms with Crippen LogP contribution in [0.1, 0.15) is 45.4 Å². The predicted molar refractivity (Wildman–Crippen MR) is 91.4 cm³/mol. The summed E-state index contributed by atoms with van der Waals surface area (Å²) in [5.74, 6) is 2.04. The highest BCUT2D eigenvalue weighted by atomic mass is 16.5. The summed E-state index contributed by atoms with van der Waals surface area (Å²) in [4.78, 5) is 12.0. The van der Waals surface area contributed by atoms with Gasteiger partial charge >= 0.3 is 0 Å². The van der Waals surface area contributed by atoms with Crippen LogP contribution < -0.4 is 10.6 Å². The van der Waals surface area contributed by atoms with Gasteiger partial charge in [0.1, 0.15) is 0 Å². The van der Waals surface area contributed by atoms with Crippen LogP contribution in [-0.2, 0) is 14.3 Å². The average Bonchev–Trinajstić information content (AvgIpc) is 2.59. The highest BCUT2D eigenvalue weighted by Gasteiger charge is 2.21. The van der Waals surface area contributed by atoms with Crippen molar-refractivity contribution in [3.8, 4) is 0 Å². The molecule has 0 saturated carbocycles. The SMILES string of the molecule is CC(CC(=O)NCCCOCC1CCOCC1)C1CCNCC1. The molecule has 2 fully saturated rings. The van der Waals surface area contributed by atoms with Crippen LogP contribution in [0.2, 0.25) is 0 Å². The van der Waals surface area contributed by atoms with E-state index in [1.165, 1.54) is 12.8 Å². The van der Waals surface area contributed by atoms with Gasteiger partial charge in [-0.15, -0.1) is 0 Å². The first-order valence-electron chi connectivity index (χ1n) is 9.38. The van der Waals surface area contributed by atoms with E-state index >= 15 is 0 Å². The van der Waals surface area contributed by atoms with E-state index in [4.69, 9.17) is 9.47 Å². The van der Waals surface area contributed by atoms with Crippen molar-refractivity contribution in [3.05, 3.63) is 0 Å². The Morgan fingerprint density at radius 3 is 2.74 bits per heavy atom. The number of nitrogens with one attached hydrogen (secondary N) is 2. The second-order valence-corrected chi connectivity index (χ2v) is 7.10. The van der Waals surface area contributed by atoms with Crippen molar-refractivity contribution in [1.29, 1.82) is 0 Å². The molecule has 0 aliphatic carbocycles. The lowest BCUT2D eigenvalue weighted by atomic mass is 9.84. The molecule has 2 aliphatic rings. The second-order valence-electron chi connectivity index (χ2n) is 7.10. The van der Waals surface area contributed by atoms with Gasteiger partial charge in [-0.25, -0.2) is 0 Å². The number of hydrogen-bond donors (Lipinski definition) is 2. The molecule has 2 rings (SSSR count). The molecule has 2 N–H and O–H groups in total. The van der Waals surface area contributed by atoms with Crippen molar-refractivity contribution in [2.45, 2.75) is 45.4 Å². The molecule has 1 unspecified atom stereocenters. The Bertz CT molecular complexity index is 326. The van der Waals surface area contributed by atoms with Crippen LogP contribution in [0.4, 0.5) is 0 Å². The molecule has 2 heterocycles. The summed E-state index contributed by atoms with van der Waals surface area (Å²) in [5.41, 5.74) is 0. The fraction of sp³-hybridized carbons (Fsp3) is 0.944. The monoisotopic (exact) mass is 326 g/mol. The minimum Gasteiger partial charge on any atom is -0.381 e. The third-order valence-corrected chi connectivity index (χ3v) is 5.18. The third kappa shape index (κ3) is 7.64. The van der Waals surface area contributed by atoms with Crippen LogP contribution in [0.5, 0.6) is 0 Å². The van der Waals surface area contributed by atoms with Gasteiger partial charge in [0.25, 0.3) is 0 Å². The summed E-state index contributed by atoms with van der Waals surface area (Å²) >= 11 is 0. The molecule has 5 heteroatoms. The van der Waals surface area contributed by atoms with E-state index in [-0.39, 0.29) is 5.91 Å². The molecule has 2 aliphatic heterocycles. The van der Waals surface area contributed by atoms with E-state index in [1.54, 1.807) is 0 Å². The lowest BCUT2D eigenvalue weighted by molar-refractivity contribution is -0.122. The number of amides is 1. The van der Waals surface area contributed by atoms with Gasteiger partial charge in [0.05, 0.1) is 0 Å². The lowest BCUT2D eigenvalue weighted by Crippen LogP contribution is -2.33. The van der Waals surface area contributed by atoms with Crippen molar-refractivity contribution in [3.63, 3.8) is 0 Å². The molecular formula is C18H34N2O3. The summed E-state index contributed by atoms with van der Waals surface area (Å²) in [6.07, 6.45) is 6.20. The molecule has 1 atom stereocenters. The van der Waals surface area contributed by atoms with Gasteiger partial charge < -0.3 is 20.1 Å². The van der Waals surface area contributed by atoms with Gasteiger partial charge in [-0.2, -0.15) is 0 Å². The minimum atomic E-state index is 0.195. The maximum atomic E-state index is 12.0. The van der Waals surface area contributed by atoms with Gasteiger partial charge in [0.2, 0.25) is 5.91 Å². The van der Waals surface area contributed by atoms with E-state index in [2.05, 4.69) is 17.6 Å². The van der Waals surface area contributed by atoms with E-state index in [9.17, 15) is 4.79 Å². The fourth-order valence-electron chi connectivity index (χ4n) is 3.51. The Kier molecular flexibility index (Phi) is 8.94. The van der Waals surface area contributed by atoms with Crippen molar-refractivity contribution < 1.29 is 14.3 Å². The van der Waals surface area contributed by atoms with Crippen molar-refractivity contribution >= 4 is 5.91 Å². The van der Waals surface area contributed by atoms with Gasteiger partial charge in [0.15, 0.2) is 0 Å². The zero-order valence-electron chi connectivity index (χ0n) is 14.6. The number of hydrogen-bond acceptors (Lipinski definition) is 4. The molecule has 0 spiro atoms. The molecule has 1 amide bonds. The second kappa shape index (κ2) is 11.0. The molecular weight excluding hydrogens is 292 g/mol. The van der Waals surface area contributed by atoms with Crippen molar-refractivity contribution in [2.75, 3.05) is 46.1 Å². The van der Waals surface area contributed by atoms with Gasteiger partial charge in [0, 0.05) is 39.4 Å². The standard InChI is InChI=1S/C18H34N2O3/c1-15(17-3-8-19-9-4-17)13-18(21)20-7-2-10-23-14-16-5-11-22-12-6-16/h15-17,19H,2-14H2,1H3,(H,20,21). The largest absolute Gasteiger partial charge is 0.381 e. The zero-order valence-corrected chi connectivity index (χ0v) is 14.6. The van der Waals surface area contributed by atoms with Crippen LogP contribution >= 0.6 is 0 Å². The Morgan fingerprint density at radius 2 is 2.00 bits per heavy atom. The third-order valence-electron chi connectivity index (χ3n) is 5.18. The first-order valence-corrected chi connectivity index (χ1v) is 9.38. The summed E-state index contributed by atoms with van der Waals surface area (Å²) in [5, 5.41) is 6.42. The van der Waals surface area contributed by atoms with Crippen molar-refractivity contribution in [2.24, 2.45) is 17.8 Å². The zero-order chi connectivity index (χ0) is 16.3. The van der Waals surface area contributed by atoms with Crippen LogP contribution in [-0.4, -0.2) is 52.0 Å². The van der Waals surface area contributed by atoms with E-state index < -0.39 is 0 Å². The number of carbonyl (C=O) groups excluding carboxylic acids is 1. The van der Waals surface area contributed by atoms with Gasteiger partial charge in [-0.1, -0.05) is 6.92 Å². The summed E-state index contributed by atoms with van der Waals surface area (Å²) in [6, 6.07) is 0. The molecule has 0 bridgehead atoms. The minimum absolute atomic E-state index is 0.195. The highest BCUT2D eigenvalue weighted by molar-refractivity contribution is 5.76. The summed E-state index contributed by atoms with van der Waals surface area (Å²) in [6.45, 7) is 8.46. The number of piperidine rings is 1. The number of rotatable bonds is 9. The molecule has 0 radical (unpaired) electrons. The maximum absolute atomic E-state index is 12.0. The molecule has 0 aromatic rings. The average molecular weight is 326 g/mol. The highest BCUT2D eigenvalue weighted by Crippen LogP contribution is 2.24. The first-order chi connectivity index (χ1) is 11.3. The molecule has 0 aromatic carbocycles. The van der Waals surface area contributed by atoms with Crippen LogP contribution in [0.15, 0.2) is 0 Å². The van der Waals surface area contributed by atoms with Crippen LogP contribution in [0.25, 0.3) is 0 Å². The molecule has 5 nitrogen and oxygen atoms in total. The smallest absolute Gasteiger partial charge is 0.220 e. The number of carbonyl (C=O) groups is 1. The van der Waals surface area contributed by atoms with E-state index in [0.717, 1.165) is 65.3 Å². The number of ether oxygens (including phenoxy) is 2. The van der Waals surface area contributed by atoms with E-state index in [0.29, 0.717) is 24.2 Å². The normalized spacial score (nSPS) is 22.0. The van der Waals surface area contributed by atoms with Gasteiger partial charge in [-0.05, 0) is 62.9 Å². The first kappa shape index (κ1) is 18.7. The quantitative estimate of drug-likeness (QED) is 0.636. The fourth-order valence-corrected chi connectivity index (χ4v) is 3.51. The molecule has 2 saturated heterocycles. The van der Waals surface area contributed by atoms with E-state index in [1.807, 2.05) is 0 Å². The van der Waals surface area contributed by atoms with Crippen molar-refractivity contribution in [1.82, 2.24) is 10.6 Å². The Hall–Kier alpha value is -0.650. The molecule has 23 heavy (non-hydrogen) atoms. The van der Waals surface area contributed by atoms with Crippen LogP contribution in [0.3, 0.4) is 0 Å². The molecule has 0 aromatic heterocycles. The summed E-state index contributed by atoms with van der Waals surface area (Å²) in [7, 11) is 0. The summed E-state index contributed by atoms with van der Waals surface area (Å²) < 4.78 is 11.1. The Labute approximate surface area is 140 Å². The van der Waals surface area contributed by atoms with Gasteiger partial charge in [-0.3, -0.25) is 4.79 Å². The maximum Gasteiger partial charge on any atom is 0.220 e. The molecule has 134 valence electrons.